The summed E-state index contributed by atoms with van der Waals surface area (Å²) in [5.41, 5.74) is 1.93. The van der Waals surface area contributed by atoms with E-state index in [0.29, 0.717) is 11.1 Å². The van der Waals surface area contributed by atoms with Crippen LogP contribution >= 0.6 is 13.5 Å². The molecule has 2 N–H and O–H groups in total. The fourth-order valence-corrected chi connectivity index (χ4v) is 4.14. The summed E-state index contributed by atoms with van der Waals surface area (Å²) in [6.07, 6.45) is 5.20. The topological polar surface area (TPSA) is 76.3 Å². The predicted molar refractivity (Wildman–Crippen MR) is 120 cm³/mol. The number of hydrogen-bond donors (Lipinski definition) is 2. The average Bonchev–Trinajstić information content (AvgIpc) is 3.40. The number of carboxylic acids is 1. The SMILES string of the molecule is C.C[C@@H]1NCCn2cc(-c3cc4c(cc3F)c(=O)c(C(=O)O)cn4C3CC3)cc21.S. The number of nitrogens with one attached hydrogen (secondary N) is 1. The molecule has 3 heterocycles. The highest BCUT2D eigenvalue weighted by molar-refractivity contribution is 7.59. The van der Waals surface area contributed by atoms with Gasteiger partial charge in [0.25, 0.3) is 0 Å². The van der Waals surface area contributed by atoms with E-state index in [1.807, 2.05) is 16.8 Å². The second kappa shape index (κ2) is 7.92. The zero-order chi connectivity index (χ0) is 19.6. The summed E-state index contributed by atoms with van der Waals surface area (Å²) in [5.74, 6) is -1.80. The molecule has 0 bridgehead atoms. The van der Waals surface area contributed by atoms with Crippen molar-refractivity contribution in [1.82, 2.24) is 14.5 Å². The molecule has 0 unspecified atom stereocenters. The second-order valence-electron chi connectivity index (χ2n) is 7.69. The summed E-state index contributed by atoms with van der Waals surface area (Å²) in [6, 6.07) is 5.21. The Morgan fingerprint density at radius 3 is 2.60 bits per heavy atom. The fraction of sp³-hybridized carbons (Fsp3) is 0.364. The van der Waals surface area contributed by atoms with Gasteiger partial charge >= 0.3 is 5.97 Å². The quantitative estimate of drug-likeness (QED) is 0.656. The van der Waals surface area contributed by atoms with Gasteiger partial charge in [-0.25, -0.2) is 9.18 Å². The van der Waals surface area contributed by atoms with E-state index in [1.54, 1.807) is 6.07 Å². The van der Waals surface area contributed by atoms with Gasteiger partial charge in [0.15, 0.2) is 0 Å². The summed E-state index contributed by atoms with van der Waals surface area (Å²) in [5, 5.41) is 12.9. The number of fused-ring (bicyclic) bond motifs is 2. The Balaban J connectivity index is 0.00000128. The van der Waals surface area contributed by atoms with Crippen molar-refractivity contribution in [1.29, 1.82) is 0 Å². The Hall–Kier alpha value is -2.58. The molecule has 0 saturated heterocycles. The number of carbonyl (C=O) groups is 1. The zero-order valence-corrected chi connectivity index (χ0v) is 16.9. The van der Waals surface area contributed by atoms with Crippen LogP contribution in [-0.2, 0) is 6.54 Å². The van der Waals surface area contributed by atoms with E-state index in [1.165, 1.54) is 12.3 Å². The number of pyridine rings is 1. The maximum atomic E-state index is 15.0. The first-order chi connectivity index (χ1) is 13.4. The molecule has 1 saturated carbocycles. The Bertz CT molecular complexity index is 1200. The first-order valence-corrected chi connectivity index (χ1v) is 9.49. The maximum absolute atomic E-state index is 15.0. The van der Waals surface area contributed by atoms with Crippen LogP contribution in [0.25, 0.3) is 22.0 Å². The number of aromatic carboxylic acids is 1. The molecular weight excluding hydrogens is 405 g/mol. The van der Waals surface area contributed by atoms with Crippen molar-refractivity contribution in [3.63, 3.8) is 0 Å². The van der Waals surface area contributed by atoms with Crippen molar-refractivity contribution < 1.29 is 14.3 Å². The van der Waals surface area contributed by atoms with Crippen LogP contribution in [0.1, 0.15) is 55.3 Å². The molecule has 6 nitrogen and oxygen atoms in total. The minimum atomic E-state index is -1.28. The highest BCUT2D eigenvalue weighted by atomic mass is 32.1. The van der Waals surface area contributed by atoms with Crippen molar-refractivity contribution in [2.45, 2.75) is 45.8 Å². The lowest BCUT2D eigenvalue weighted by Crippen LogP contribution is -2.30. The smallest absolute Gasteiger partial charge is 0.341 e. The molecule has 2 aromatic heterocycles. The minimum Gasteiger partial charge on any atom is -0.477 e. The minimum absolute atomic E-state index is 0. The Labute approximate surface area is 180 Å². The summed E-state index contributed by atoms with van der Waals surface area (Å²) < 4.78 is 19.0. The van der Waals surface area contributed by atoms with Crippen LogP contribution < -0.4 is 10.7 Å². The Morgan fingerprint density at radius 2 is 1.97 bits per heavy atom. The Morgan fingerprint density at radius 1 is 1.23 bits per heavy atom. The molecule has 0 spiro atoms. The molecular formula is C22H26FN3O3S. The lowest BCUT2D eigenvalue weighted by atomic mass is 10.0. The van der Waals surface area contributed by atoms with Crippen LogP contribution in [0.3, 0.4) is 0 Å². The number of carboxylic acid groups (broad SMARTS) is 1. The molecule has 1 atom stereocenters. The first kappa shape index (κ1) is 22.1. The van der Waals surface area contributed by atoms with E-state index >= 15 is 4.39 Å². The standard InChI is InChI=1S/C21H20FN3O3.CH4.H2S/c1-11-18-6-12(9-24(18)5-4-23-11)14-8-19-15(7-17(14)22)20(26)16(21(27)28)10-25(19)13-2-3-13;;/h6-11,13,23H,2-5H2,1H3,(H,27,28);1H4;1H2/t11-;;/m0../s1. The highest BCUT2D eigenvalue weighted by Crippen LogP contribution is 2.38. The molecule has 1 aliphatic heterocycles. The monoisotopic (exact) mass is 431 g/mol. The van der Waals surface area contributed by atoms with Crippen LogP contribution in [0.15, 0.2) is 35.4 Å². The van der Waals surface area contributed by atoms with Crippen molar-refractivity contribution >= 4 is 30.4 Å². The molecule has 1 aliphatic carbocycles. The number of benzene rings is 1. The average molecular weight is 432 g/mol. The van der Waals surface area contributed by atoms with Gasteiger partial charge in [-0.1, -0.05) is 7.43 Å². The zero-order valence-electron chi connectivity index (χ0n) is 15.9. The predicted octanol–water partition coefficient (Wildman–Crippen LogP) is 4.06. The van der Waals surface area contributed by atoms with E-state index in [2.05, 4.69) is 16.8 Å². The van der Waals surface area contributed by atoms with Crippen LogP contribution in [0.5, 0.6) is 0 Å². The van der Waals surface area contributed by atoms with Gasteiger partial charge in [0.05, 0.1) is 5.52 Å². The molecule has 3 aromatic rings. The third kappa shape index (κ3) is 3.44. The Kier molecular flexibility index (Phi) is 5.84. The van der Waals surface area contributed by atoms with Gasteiger partial charge in [-0.2, -0.15) is 13.5 Å². The molecule has 160 valence electrons. The van der Waals surface area contributed by atoms with Crippen molar-refractivity contribution in [2.75, 3.05) is 6.54 Å². The molecule has 30 heavy (non-hydrogen) atoms. The van der Waals surface area contributed by atoms with Gasteiger partial charge in [-0.15, -0.1) is 0 Å². The summed E-state index contributed by atoms with van der Waals surface area (Å²) >= 11 is 0. The molecule has 5 rings (SSSR count). The van der Waals surface area contributed by atoms with Crippen molar-refractivity contribution in [3.05, 3.63) is 57.9 Å². The maximum Gasteiger partial charge on any atom is 0.341 e. The third-order valence-electron chi connectivity index (χ3n) is 5.78. The molecule has 0 radical (unpaired) electrons. The number of hydrogen-bond acceptors (Lipinski definition) is 3. The lowest BCUT2D eigenvalue weighted by molar-refractivity contribution is 0.0695. The molecule has 2 aliphatic rings. The highest BCUT2D eigenvalue weighted by Gasteiger charge is 2.28. The summed E-state index contributed by atoms with van der Waals surface area (Å²) in [4.78, 5) is 24.1. The van der Waals surface area contributed by atoms with Crippen molar-refractivity contribution in [3.8, 4) is 11.1 Å². The number of halogens is 1. The van der Waals surface area contributed by atoms with Crippen molar-refractivity contribution in [2.24, 2.45) is 0 Å². The van der Waals surface area contributed by atoms with Crippen LogP contribution in [-0.4, -0.2) is 26.8 Å². The van der Waals surface area contributed by atoms with E-state index < -0.39 is 17.2 Å². The van der Waals surface area contributed by atoms with E-state index in [4.69, 9.17) is 0 Å². The second-order valence-corrected chi connectivity index (χ2v) is 7.69. The van der Waals surface area contributed by atoms with E-state index in [0.717, 1.165) is 37.2 Å². The van der Waals surface area contributed by atoms with E-state index in [9.17, 15) is 14.7 Å². The number of nitrogens with zero attached hydrogens (tertiary/aromatic N) is 2. The van der Waals surface area contributed by atoms with Gasteiger partial charge in [0.2, 0.25) is 5.43 Å². The van der Waals surface area contributed by atoms with Gasteiger partial charge < -0.3 is 19.6 Å². The normalized spacial score (nSPS) is 17.7. The number of aromatic nitrogens is 2. The summed E-state index contributed by atoms with van der Waals surface area (Å²) in [7, 11) is 0. The summed E-state index contributed by atoms with van der Waals surface area (Å²) in [6.45, 7) is 3.76. The molecule has 8 heteroatoms. The molecule has 1 aromatic carbocycles. The van der Waals surface area contributed by atoms with Gasteiger partial charge in [-0.3, -0.25) is 4.79 Å². The van der Waals surface area contributed by atoms with Crippen LogP contribution in [0.4, 0.5) is 4.39 Å². The fourth-order valence-electron chi connectivity index (χ4n) is 4.14. The van der Waals surface area contributed by atoms with E-state index in [-0.39, 0.29) is 44.0 Å². The number of rotatable bonds is 3. The van der Waals surface area contributed by atoms with Crippen LogP contribution in [0.2, 0.25) is 0 Å². The molecule has 1 fully saturated rings. The third-order valence-corrected chi connectivity index (χ3v) is 5.78. The van der Waals surface area contributed by atoms with Gasteiger partial charge in [0.1, 0.15) is 11.4 Å². The van der Waals surface area contributed by atoms with Crippen LogP contribution in [0, 0.1) is 5.82 Å². The van der Waals surface area contributed by atoms with Gasteiger partial charge in [-0.05, 0) is 38.0 Å². The molecule has 0 amide bonds. The van der Waals surface area contributed by atoms with Gasteiger partial charge in [0, 0.05) is 59.8 Å². The lowest BCUT2D eigenvalue weighted by Gasteiger charge is -2.22. The first-order valence-electron chi connectivity index (χ1n) is 9.49. The largest absolute Gasteiger partial charge is 0.477 e.